The van der Waals surface area contributed by atoms with E-state index in [0.717, 1.165) is 11.6 Å². The Labute approximate surface area is 180 Å². The molecule has 31 heavy (non-hydrogen) atoms. The average Bonchev–Trinajstić information content (AvgIpc) is 3.27. The van der Waals surface area contributed by atoms with E-state index in [0.29, 0.717) is 12.4 Å². The lowest BCUT2D eigenvalue weighted by atomic mass is 10.2. The molecule has 0 saturated heterocycles. The Hall–Kier alpha value is -3.35. The molecule has 0 aliphatic rings. The SMILES string of the molecule is CN(C)CCNS(=O)(=O)c1ccc(NCc2ccc(-n3ccnc3)nc2)c([N+](=O)[O-])c1. The number of nitro groups is 1. The summed E-state index contributed by atoms with van der Waals surface area (Å²) in [5.74, 6) is 0.698. The molecule has 0 atom stereocenters. The van der Waals surface area contributed by atoms with Gasteiger partial charge in [0.2, 0.25) is 10.0 Å². The lowest BCUT2D eigenvalue weighted by Crippen LogP contribution is -2.31. The number of hydrogen-bond acceptors (Lipinski definition) is 8. The van der Waals surface area contributed by atoms with Crippen LogP contribution in [0.15, 0.2) is 60.1 Å². The van der Waals surface area contributed by atoms with Crippen molar-refractivity contribution in [2.75, 3.05) is 32.5 Å². The minimum absolute atomic E-state index is 0.158. The van der Waals surface area contributed by atoms with Gasteiger partial charge in [-0.2, -0.15) is 0 Å². The highest BCUT2D eigenvalue weighted by molar-refractivity contribution is 7.89. The van der Waals surface area contributed by atoms with Gasteiger partial charge in [-0.25, -0.2) is 23.1 Å². The number of imidazole rings is 1. The number of hydrogen-bond donors (Lipinski definition) is 2. The summed E-state index contributed by atoms with van der Waals surface area (Å²) in [4.78, 5) is 20.9. The van der Waals surface area contributed by atoms with Crippen molar-refractivity contribution in [1.82, 2.24) is 24.2 Å². The van der Waals surface area contributed by atoms with Crippen LogP contribution in [0.1, 0.15) is 5.56 Å². The van der Waals surface area contributed by atoms with Gasteiger partial charge in [0.05, 0.1) is 9.82 Å². The van der Waals surface area contributed by atoms with Crippen molar-refractivity contribution in [3.63, 3.8) is 0 Å². The zero-order valence-electron chi connectivity index (χ0n) is 17.1. The first-order valence-corrected chi connectivity index (χ1v) is 10.8. The van der Waals surface area contributed by atoms with Crippen LogP contribution in [-0.4, -0.2) is 60.0 Å². The normalized spacial score (nSPS) is 11.6. The molecule has 0 saturated carbocycles. The van der Waals surface area contributed by atoms with Crippen LogP contribution < -0.4 is 10.0 Å². The second-order valence-corrected chi connectivity index (χ2v) is 8.75. The molecule has 0 aliphatic carbocycles. The van der Waals surface area contributed by atoms with Crippen LogP contribution in [0.4, 0.5) is 11.4 Å². The van der Waals surface area contributed by atoms with E-state index < -0.39 is 14.9 Å². The van der Waals surface area contributed by atoms with E-state index in [1.165, 1.54) is 12.1 Å². The molecule has 3 aromatic rings. The quantitative estimate of drug-likeness (QED) is 0.355. The van der Waals surface area contributed by atoms with Crippen molar-refractivity contribution in [2.24, 2.45) is 0 Å². The third-order valence-corrected chi connectivity index (χ3v) is 5.85. The number of aromatic nitrogens is 3. The number of anilines is 1. The molecule has 12 heteroatoms. The molecule has 0 fully saturated rings. The molecular weight excluding hydrogens is 422 g/mol. The monoisotopic (exact) mass is 445 g/mol. The summed E-state index contributed by atoms with van der Waals surface area (Å²) in [6.07, 6.45) is 6.71. The fourth-order valence-corrected chi connectivity index (χ4v) is 3.77. The lowest BCUT2D eigenvalue weighted by Gasteiger charge is -2.12. The number of rotatable bonds is 10. The Balaban J connectivity index is 1.72. The molecule has 0 radical (unpaired) electrons. The van der Waals surface area contributed by atoms with Gasteiger partial charge in [-0.1, -0.05) is 6.07 Å². The zero-order valence-corrected chi connectivity index (χ0v) is 17.9. The van der Waals surface area contributed by atoms with Gasteiger partial charge in [-0.15, -0.1) is 0 Å². The predicted molar refractivity (Wildman–Crippen MR) is 116 cm³/mol. The van der Waals surface area contributed by atoms with Gasteiger partial charge in [0, 0.05) is 44.3 Å². The zero-order chi connectivity index (χ0) is 22.4. The molecule has 3 rings (SSSR count). The molecule has 2 heterocycles. The van der Waals surface area contributed by atoms with Gasteiger partial charge in [-0.3, -0.25) is 14.7 Å². The molecule has 0 aliphatic heterocycles. The first-order valence-electron chi connectivity index (χ1n) is 9.36. The van der Waals surface area contributed by atoms with Gasteiger partial charge in [-0.05, 0) is 37.9 Å². The van der Waals surface area contributed by atoms with E-state index in [-0.39, 0.29) is 29.4 Å². The standard InChI is InChI=1S/C19H23N7O4S/c1-24(2)9-8-23-31(29,30)16-4-5-17(18(11-16)26(27)28)21-12-15-3-6-19(22-13-15)25-10-7-20-14-25/h3-7,10-11,13-14,21,23H,8-9,12H2,1-2H3. The van der Waals surface area contributed by atoms with Crippen LogP contribution in [0.5, 0.6) is 0 Å². The second kappa shape index (κ2) is 9.64. The van der Waals surface area contributed by atoms with E-state index in [4.69, 9.17) is 0 Å². The first-order chi connectivity index (χ1) is 14.8. The maximum absolute atomic E-state index is 12.4. The summed E-state index contributed by atoms with van der Waals surface area (Å²) in [7, 11) is -0.209. The Bertz CT molecular complexity index is 1130. The van der Waals surface area contributed by atoms with Crippen molar-refractivity contribution in [2.45, 2.75) is 11.4 Å². The number of pyridine rings is 1. The van der Waals surface area contributed by atoms with Gasteiger partial charge < -0.3 is 10.2 Å². The maximum Gasteiger partial charge on any atom is 0.293 e. The van der Waals surface area contributed by atoms with Crippen LogP contribution in [0.25, 0.3) is 5.82 Å². The molecule has 0 unspecified atom stereocenters. The van der Waals surface area contributed by atoms with Crippen molar-refractivity contribution in [3.05, 3.63) is 70.9 Å². The Morgan fingerprint density at radius 2 is 2.03 bits per heavy atom. The maximum atomic E-state index is 12.4. The summed E-state index contributed by atoms with van der Waals surface area (Å²) >= 11 is 0. The Kier molecular flexibility index (Phi) is 6.95. The second-order valence-electron chi connectivity index (χ2n) is 6.99. The highest BCUT2D eigenvalue weighted by Crippen LogP contribution is 2.28. The third-order valence-electron chi connectivity index (χ3n) is 4.39. The summed E-state index contributed by atoms with van der Waals surface area (Å²) in [6, 6.07) is 7.44. The van der Waals surface area contributed by atoms with E-state index in [9.17, 15) is 18.5 Å². The van der Waals surface area contributed by atoms with Crippen LogP contribution in [0.2, 0.25) is 0 Å². The summed E-state index contributed by atoms with van der Waals surface area (Å²) in [6.45, 7) is 0.991. The minimum atomic E-state index is -3.85. The fourth-order valence-electron chi connectivity index (χ4n) is 2.73. The highest BCUT2D eigenvalue weighted by Gasteiger charge is 2.21. The number of nitrogens with zero attached hydrogens (tertiary/aromatic N) is 5. The van der Waals surface area contributed by atoms with E-state index in [1.807, 2.05) is 31.1 Å². The number of nitro benzene ring substituents is 1. The molecule has 2 aromatic heterocycles. The van der Waals surface area contributed by atoms with Crippen LogP contribution in [-0.2, 0) is 16.6 Å². The van der Waals surface area contributed by atoms with Crippen molar-refractivity contribution >= 4 is 21.4 Å². The number of sulfonamides is 1. The lowest BCUT2D eigenvalue weighted by molar-refractivity contribution is -0.384. The Morgan fingerprint density at radius 3 is 2.65 bits per heavy atom. The highest BCUT2D eigenvalue weighted by atomic mass is 32.2. The largest absolute Gasteiger partial charge is 0.375 e. The molecule has 11 nitrogen and oxygen atoms in total. The molecule has 2 N–H and O–H groups in total. The third kappa shape index (κ3) is 5.84. The van der Waals surface area contributed by atoms with E-state index in [2.05, 4.69) is 20.0 Å². The molecule has 164 valence electrons. The predicted octanol–water partition coefficient (Wildman–Crippen LogP) is 1.63. The summed E-state index contributed by atoms with van der Waals surface area (Å²) in [5.41, 5.74) is 0.703. The van der Waals surface area contributed by atoms with E-state index in [1.54, 1.807) is 29.5 Å². The molecular formula is C19H23N7O4S. The Morgan fingerprint density at radius 1 is 1.23 bits per heavy atom. The number of benzene rings is 1. The number of likely N-dealkylation sites (N-methyl/N-ethyl adjacent to an activating group) is 1. The van der Waals surface area contributed by atoms with Gasteiger partial charge in [0.15, 0.2) is 0 Å². The summed E-state index contributed by atoms with van der Waals surface area (Å²) in [5, 5.41) is 14.5. The molecule has 0 spiro atoms. The number of nitrogens with one attached hydrogen (secondary N) is 2. The van der Waals surface area contributed by atoms with E-state index >= 15 is 0 Å². The van der Waals surface area contributed by atoms with Gasteiger partial charge in [0.1, 0.15) is 17.8 Å². The van der Waals surface area contributed by atoms with Gasteiger partial charge >= 0.3 is 0 Å². The average molecular weight is 446 g/mol. The molecule has 0 bridgehead atoms. The van der Waals surface area contributed by atoms with Crippen molar-refractivity contribution in [3.8, 4) is 5.82 Å². The smallest absolute Gasteiger partial charge is 0.293 e. The molecule has 1 aromatic carbocycles. The van der Waals surface area contributed by atoms with Gasteiger partial charge in [0.25, 0.3) is 5.69 Å². The van der Waals surface area contributed by atoms with Crippen LogP contribution >= 0.6 is 0 Å². The van der Waals surface area contributed by atoms with Crippen molar-refractivity contribution < 1.29 is 13.3 Å². The minimum Gasteiger partial charge on any atom is -0.375 e. The van der Waals surface area contributed by atoms with Crippen LogP contribution in [0.3, 0.4) is 0 Å². The van der Waals surface area contributed by atoms with Crippen molar-refractivity contribution in [1.29, 1.82) is 0 Å². The topological polar surface area (TPSA) is 135 Å². The first kappa shape index (κ1) is 22.3. The van der Waals surface area contributed by atoms with Crippen LogP contribution in [0, 0.1) is 10.1 Å². The summed E-state index contributed by atoms with van der Waals surface area (Å²) < 4.78 is 29.0. The molecule has 0 amide bonds. The fraction of sp³-hybridized carbons (Fsp3) is 0.263.